The van der Waals surface area contributed by atoms with Crippen LogP contribution in [0.3, 0.4) is 0 Å². The van der Waals surface area contributed by atoms with Gasteiger partial charge in [-0.05, 0) is 47.1 Å². The molecule has 0 aliphatic carbocycles. The van der Waals surface area contributed by atoms with Crippen LogP contribution in [0.15, 0.2) is 24.8 Å². The molecule has 0 fully saturated rings. The normalized spacial score (nSPS) is 10.5. The summed E-state index contributed by atoms with van der Waals surface area (Å²) in [5.74, 6) is 0.445. The largest absolute Gasteiger partial charge is 0.292 e. The van der Waals surface area contributed by atoms with Gasteiger partial charge in [-0.3, -0.25) is 4.79 Å². The number of aromatic nitrogens is 1. The van der Waals surface area contributed by atoms with E-state index < -0.39 is 0 Å². The lowest BCUT2D eigenvalue weighted by molar-refractivity contribution is 0.0978. The van der Waals surface area contributed by atoms with Crippen molar-refractivity contribution in [2.75, 3.05) is 0 Å². The summed E-state index contributed by atoms with van der Waals surface area (Å²) in [4.78, 5) is 16.2. The van der Waals surface area contributed by atoms with E-state index in [4.69, 9.17) is 0 Å². The molecule has 0 amide bonds. The number of pyridine rings is 1. The fourth-order valence-electron chi connectivity index (χ4n) is 1.32. The second kappa shape index (κ2) is 6.13. The summed E-state index contributed by atoms with van der Waals surface area (Å²) in [5, 5.41) is 0. The van der Waals surface area contributed by atoms with Crippen LogP contribution in [0.4, 0.5) is 0 Å². The molecule has 1 heterocycles. The number of carbonyl (C=O) groups excluding carboxylic acids is 1. The third-order valence-corrected chi connectivity index (χ3v) is 2.89. The molecule has 0 aliphatic heterocycles. The van der Waals surface area contributed by atoms with E-state index in [2.05, 4.69) is 48.0 Å². The lowest BCUT2D eigenvalue weighted by Crippen LogP contribution is -2.05. The van der Waals surface area contributed by atoms with Crippen LogP contribution in [0.25, 0.3) is 0 Å². The first-order valence-corrected chi connectivity index (χ1v) is 6.44. The summed E-state index contributed by atoms with van der Waals surface area (Å²) in [5.41, 5.74) is 1.56. The molecule has 0 unspecified atom stereocenters. The zero-order valence-electron chi connectivity index (χ0n) is 9.66. The van der Waals surface area contributed by atoms with Crippen molar-refractivity contribution in [3.8, 4) is 0 Å². The number of allylic oxidation sites excluding steroid dienone is 1. The summed E-state index contributed by atoms with van der Waals surface area (Å²) in [6, 6.07) is 3.87. The van der Waals surface area contributed by atoms with Gasteiger partial charge in [-0.25, -0.2) is 4.98 Å². The van der Waals surface area contributed by atoms with Gasteiger partial charge >= 0.3 is 0 Å². The van der Waals surface area contributed by atoms with Crippen molar-refractivity contribution in [2.24, 2.45) is 0 Å². The van der Waals surface area contributed by atoms with E-state index in [-0.39, 0.29) is 5.78 Å². The van der Waals surface area contributed by atoms with Crippen LogP contribution in [0.1, 0.15) is 48.8 Å². The van der Waals surface area contributed by atoms with Crippen LogP contribution in [-0.4, -0.2) is 10.8 Å². The average Bonchev–Trinajstić information content (AvgIpc) is 2.24. The Labute approximate surface area is 110 Å². The van der Waals surface area contributed by atoms with Crippen LogP contribution in [0, 0.1) is 3.57 Å². The van der Waals surface area contributed by atoms with Crippen LogP contribution >= 0.6 is 22.6 Å². The molecule has 1 rings (SSSR count). The maximum atomic E-state index is 11.8. The van der Waals surface area contributed by atoms with Gasteiger partial charge < -0.3 is 0 Å². The Kier molecular flexibility index (Phi) is 5.12. The smallest absolute Gasteiger partial charge is 0.181 e. The minimum Gasteiger partial charge on any atom is -0.292 e. The van der Waals surface area contributed by atoms with Crippen molar-refractivity contribution in [1.29, 1.82) is 0 Å². The summed E-state index contributed by atoms with van der Waals surface area (Å²) in [6.45, 7) is 7.78. The monoisotopic (exact) mass is 329 g/mol. The molecule has 2 nitrogen and oxygen atoms in total. The number of hydrogen-bond donors (Lipinski definition) is 0. The van der Waals surface area contributed by atoms with Crippen molar-refractivity contribution in [1.82, 2.24) is 4.98 Å². The molecule has 0 aromatic carbocycles. The molecule has 0 spiro atoms. The molecule has 0 N–H and O–H groups in total. The number of rotatable bonds is 5. The van der Waals surface area contributed by atoms with Crippen molar-refractivity contribution >= 4 is 28.4 Å². The Morgan fingerprint density at radius 1 is 1.56 bits per heavy atom. The molecule has 0 radical (unpaired) electrons. The quantitative estimate of drug-likeness (QED) is 0.465. The fraction of sp³-hybridized carbons (Fsp3) is 0.385. The summed E-state index contributed by atoms with van der Waals surface area (Å²) >= 11 is 2.22. The van der Waals surface area contributed by atoms with Crippen molar-refractivity contribution in [3.05, 3.63) is 39.7 Å². The van der Waals surface area contributed by atoms with E-state index in [1.807, 2.05) is 12.1 Å². The zero-order valence-corrected chi connectivity index (χ0v) is 11.8. The Balaban J connectivity index is 2.95. The predicted molar refractivity (Wildman–Crippen MR) is 74.8 cm³/mol. The highest BCUT2D eigenvalue weighted by Gasteiger charge is 2.10. The number of halogens is 1. The van der Waals surface area contributed by atoms with Crippen LogP contribution in [-0.2, 0) is 0 Å². The van der Waals surface area contributed by atoms with Gasteiger partial charge in [0.1, 0.15) is 5.69 Å². The van der Waals surface area contributed by atoms with Gasteiger partial charge in [-0.1, -0.05) is 19.9 Å². The molecule has 0 aliphatic rings. The van der Waals surface area contributed by atoms with Gasteiger partial charge in [0.05, 0.1) is 0 Å². The van der Waals surface area contributed by atoms with Gasteiger partial charge in [-0.15, -0.1) is 6.58 Å². The molecule has 1 aromatic heterocycles. The van der Waals surface area contributed by atoms with Crippen molar-refractivity contribution in [3.63, 3.8) is 0 Å². The van der Waals surface area contributed by atoms with E-state index in [1.165, 1.54) is 0 Å². The van der Waals surface area contributed by atoms with Gasteiger partial charge in [0, 0.05) is 15.7 Å². The number of hydrogen-bond acceptors (Lipinski definition) is 2. The molecule has 0 atom stereocenters. The van der Waals surface area contributed by atoms with Gasteiger partial charge in [0.2, 0.25) is 0 Å². The first-order chi connectivity index (χ1) is 7.54. The van der Waals surface area contributed by atoms with E-state index in [1.54, 1.807) is 6.08 Å². The second-order valence-electron chi connectivity index (χ2n) is 4.00. The van der Waals surface area contributed by atoms with Gasteiger partial charge in [0.25, 0.3) is 0 Å². The molecular formula is C13H16INO. The Bertz CT molecular complexity index is 399. The van der Waals surface area contributed by atoms with Crippen LogP contribution in [0.2, 0.25) is 0 Å². The van der Waals surface area contributed by atoms with E-state index >= 15 is 0 Å². The molecule has 16 heavy (non-hydrogen) atoms. The van der Waals surface area contributed by atoms with E-state index in [0.29, 0.717) is 24.5 Å². The van der Waals surface area contributed by atoms with Gasteiger partial charge in [-0.2, -0.15) is 0 Å². The minimum absolute atomic E-state index is 0.0975. The Morgan fingerprint density at radius 3 is 2.81 bits per heavy atom. The average molecular weight is 329 g/mol. The number of ketones is 1. The fourth-order valence-corrected chi connectivity index (χ4v) is 1.93. The minimum atomic E-state index is 0.0975. The molecule has 86 valence electrons. The number of carbonyl (C=O) groups is 1. The first kappa shape index (κ1) is 13.4. The van der Waals surface area contributed by atoms with Crippen LogP contribution < -0.4 is 0 Å². The van der Waals surface area contributed by atoms with Crippen LogP contribution in [0.5, 0.6) is 0 Å². The lowest BCUT2D eigenvalue weighted by Gasteiger charge is -2.07. The highest BCUT2D eigenvalue weighted by atomic mass is 127. The Morgan fingerprint density at radius 2 is 2.25 bits per heavy atom. The molecular weight excluding hydrogens is 313 g/mol. The lowest BCUT2D eigenvalue weighted by atomic mass is 10.1. The zero-order chi connectivity index (χ0) is 12.1. The third-order valence-electron chi connectivity index (χ3n) is 2.26. The third kappa shape index (κ3) is 3.70. The standard InChI is InChI=1S/C13H16INO/c1-4-5-6-13(16)12-8-10(14)7-11(15-12)9(2)3/h4,7-9H,1,5-6H2,2-3H3. The SMILES string of the molecule is C=CCCC(=O)c1cc(I)cc(C(C)C)n1. The summed E-state index contributed by atoms with van der Waals surface area (Å²) in [7, 11) is 0. The molecule has 0 saturated carbocycles. The maximum Gasteiger partial charge on any atom is 0.181 e. The second-order valence-corrected chi connectivity index (χ2v) is 5.25. The van der Waals surface area contributed by atoms with E-state index in [0.717, 1.165) is 9.26 Å². The number of Topliss-reactive ketones (excluding diaryl/α,β-unsaturated/α-hetero) is 1. The van der Waals surface area contributed by atoms with E-state index in [9.17, 15) is 4.79 Å². The summed E-state index contributed by atoms with van der Waals surface area (Å²) < 4.78 is 1.07. The molecule has 0 saturated heterocycles. The number of nitrogens with zero attached hydrogens (tertiary/aromatic N) is 1. The molecule has 3 heteroatoms. The topological polar surface area (TPSA) is 30.0 Å². The Hall–Kier alpha value is -0.710. The van der Waals surface area contributed by atoms with Gasteiger partial charge in [0.15, 0.2) is 5.78 Å². The van der Waals surface area contributed by atoms with Crippen molar-refractivity contribution < 1.29 is 4.79 Å². The summed E-state index contributed by atoms with van der Waals surface area (Å²) in [6.07, 6.45) is 2.96. The van der Waals surface area contributed by atoms with Crippen molar-refractivity contribution in [2.45, 2.75) is 32.6 Å². The maximum absolute atomic E-state index is 11.8. The highest BCUT2D eigenvalue weighted by Crippen LogP contribution is 2.17. The molecule has 0 bridgehead atoms. The molecule has 1 aromatic rings. The highest BCUT2D eigenvalue weighted by molar-refractivity contribution is 14.1. The first-order valence-electron chi connectivity index (χ1n) is 5.36. The predicted octanol–water partition coefficient (Wildman–Crippen LogP) is 3.96.